The molecule has 1 atom stereocenters. The van der Waals surface area contributed by atoms with Crippen molar-refractivity contribution >= 4 is 5.91 Å². The average molecular weight is 288 g/mol. The van der Waals surface area contributed by atoms with Crippen molar-refractivity contribution in [2.24, 2.45) is 0 Å². The number of pyridine rings is 1. The summed E-state index contributed by atoms with van der Waals surface area (Å²) in [5, 5.41) is 2.83. The molecule has 0 radical (unpaired) electrons. The van der Waals surface area contributed by atoms with Crippen LogP contribution in [0.5, 0.6) is 11.8 Å². The Morgan fingerprint density at radius 3 is 2.67 bits per heavy atom. The molecule has 1 unspecified atom stereocenters. The normalized spacial score (nSPS) is 11.6. The number of carbonyl (C=O) groups is 1. The van der Waals surface area contributed by atoms with E-state index in [4.69, 9.17) is 9.47 Å². The molecule has 7 heteroatoms. The van der Waals surface area contributed by atoms with Gasteiger partial charge in [-0.1, -0.05) is 0 Å². The molecule has 7 nitrogen and oxygen atoms in total. The molecule has 2 aromatic heterocycles. The highest BCUT2D eigenvalue weighted by Gasteiger charge is 2.17. The lowest BCUT2D eigenvalue weighted by atomic mass is 10.2. The predicted molar refractivity (Wildman–Crippen MR) is 75.3 cm³/mol. The summed E-state index contributed by atoms with van der Waals surface area (Å²) in [5.41, 5.74) is 1.05. The third kappa shape index (κ3) is 3.44. The van der Waals surface area contributed by atoms with Gasteiger partial charge in [-0.2, -0.15) is 4.98 Å². The number of carbonyl (C=O) groups excluding carboxylic acids is 1. The maximum absolute atomic E-state index is 12.3. The van der Waals surface area contributed by atoms with E-state index < -0.39 is 0 Å². The van der Waals surface area contributed by atoms with E-state index in [2.05, 4.69) is 20.3 Å². The van der Waals surface area contributed by atoms with Gasteiger partial charge in [-0.25, -0.2) is 9.97 Å². The van der Waals surface area contributed by atoms with Gasteiger partial charge >= 0.3 is 0 Å². The zero-order chi connectivity index (χ0) is 15.2. The van der Waals surface area contributed by atoms with Gasteiger partial charge < -0.3 is 14.8 Å². The van der Waals surface area contributed by atoms with Crippen LogP contribution in [0.3, 0.4) is 0 Å². The molecule has 2 heterocycles. The van der Waals surface area contributed by atoms with Gasteiger partial charge in [0, 0.05) is 12.3 Å². The Labute approximate surface area is 122 Å². The monoisotopic (exact) mass is 288 g/mol. The fourth-order valence-corrected chi connectivity index (χ4v) is 1.77. The van der Waals surface area contributed by atoms with Crippen LogP contribution in [-0.2, 0) is 0 Å². The van der Waals surface area contributed by atoms with Crippen molar-refractivity contribution in [3.63, 3.8) is 0 Å². The zero-order valence-corrected chi connectivity index (χ0v) is 12.0. The number of rotatable bonds is 5. The maximum atomic E-state index is 12.3. The van der Waals surface area contributed by atoms with Crippen molar-refractivity contribution in [1.82, 2.24) is 20.3 Å². The van der Waals surface area contributed by atoms with Crippen molar-refractivity contribution in [2.75, 3.05) is 14.2 Å². The van der Waals surface area contributed by atoms with Gasteiger partial charge in [0.05, 0.1) is 26.0 Å². The number of aromatic nitrogens is 3. The summed E-state index contributed by atoms with van der Waals surface area (Å²) >= 11 is 0. The van der Waals surface area contributed by atoms with Crippen LogP contribution in [0.25, 0.3) is 0 Å². The van der Waals surface area contributed by atoms with Crippen LogP contribution in [0.4, 0.5) is 0 Å². The Kier molecular flexibility index (Phi) is 4.65. The molecule has 0 spiro atoms. The van der Waals surface area contributed by atoms with Crippen LogP contribution in [0.2, 0.25) is 0 Å². The van der Waals surface area contributed by atoms with Crippen LogP contribution >= 0.6 is 0 Å². The summed E-state index contributed by atoms with van der Waals surface area (Å²) in [4.78, 5) is 24.3. The van der Waals surface area contributed by atoms with Crippen LogP contribution in [-0.4, -0.2) is 35.1 Å². The summed E-state index contributed by atoms with van der Waals surface area (Å²) in [5.74, 6) is 0.294. The van der Waals surface area contributed by atoms with Crippen molar-refractivity contribution in [2.45, 2.75) is 13.0 Å². The van der Waals surface area contributed by atoms with E-state index in [1.807, 2.05) is 6.92 Å². The number of hydrogen-bond donors (Lipinski definition) is 1. The fraction of sp³-hybridized carbons (Fsp3) is 0.286. The Bertz CT molecular complexity index is 619. The number of ether oxygens (including phenoxy) is 2. The molecule has 0 aromatic carbocycles. The molecule has 2 rings (SSSR count). The second-order valence-corrected chi connectivity index (χ2v) is 4.24. The summed E-state index contributed by atoms with van der Waals surface area (Å²) in [6, 6.07) is 4.70. The van der Waals surface area contributed by atoms with Gasteiger partial charge in [0.1, 0.15) is 11.9 Å². The Morgan fingerprint density at radius 2 is 2.05 bits per heavy atom. The molecule has 1 N–H and O–H groups in total. The van der Waals surface area contributed by atoms with Crippen molar-refractivity contribution in [1.29, 1.82) is 0 Å². The molecule has 0 aliphatic rings. The SMILES string of the molecule is COc1ccc(C(=O)NC(C)c2ccncn2)c(OC)n1. The highest BCUT2D eigenvalue weighted by atomic mass is 16.5. The lowest BCUT2D eigenvalue weighted by molar-refractivity contribution is 0.0935. The lowest BCUT2D eigenvalue weighted by Gasteiger charge is -2.14. The van der Waals surface area contributed by atoms with Gasteiger partial charge in [0.2, 0.25) is 11.8 Å². The standard InChI is InChI=1S/C14H16N4O3/c1-9(11-6-7-15-8-16-11)17-13(19)10-4-5-12(20-2)18-14(10)21-3/h4-9H,1-3H3,(H,17,19). The molecule has 0 aliphatic heterocycles. The van der Waals surface area contributed by atoms with Gasteiger partial charge in [-0.3, -0.25) is 4.79 Å². The van der Waals surface area contributed by atoms with Crippen LogP contribution < -0.4 is 14.8 Å². The van der Waals surface area contributed by atoms with Crippen LogP contribution in [0, 0.1) is 0 Å². The zero-order valence-electron chi connectivity index (χ0n) is 12.0. The number of hydrogen-bond acceptors (Lipinski definition) is 6. The molecule has 0 saturated carbocycles. The summed E-state index contributed by atoms with van der Waals surface area (Å²) in [7, 11) is 2.95. The molecule has 21 heavy (non-hydrogen) atoms. The second-order valence-electron chi connectivity index (χ2n) is 4.24. The first-order chi connectivity index (χ1) is 10.2. The van der Waals surface area contributed by atoms with E-state index in [1.165, 1.54) is 20.5 Å². The van der Waals surface area contributed by atoms with E-state index in [1.54, 1.807) is 24.4 Å². The highest BCUT2D eigenvalue weighted by molar-refractivity contribution is 5.96. The number of nitrogens with one attached hydrogen (secondary N) is 1. The lowest BCUT2D eigenvalue weighted by Crippen LogP contribution is -2.27. The van der Waals surface area contributed by atoms with Crippen molar-refractivity contribution in [3.05, 3.63) is 42.0 Å². The fourth-order valence-electron chi connectivity index (χ4n) is 1.77. The average Bonchev–Trinajstić information content (AvgIpc) is 2.54. The number of nitrogens with zero attached hydrogens (tertiary/aromatic N) is 3. The summed E-state index contributed by atoms with van der Waals surface area (Å²) in [6.07, 6.45) is 3.06. The van der Waals surface area contributed by atoms with E-state index in [0.29, 0.717) is 11.4 Å². The minimum Gasteiger partial charge on any atom is -0.481 e. The molecule has 0 saturated heterocycles. The van der Waals surface area contributed by atoms with E-state index in [0.717, 1.165) is 5.69 Å². The first-order valence-electron chi connectivity index (χ1n) is 6.31. The van der Waals surface area contributed by atoms with E-state index in [-0.39, 0.29) is 17.8 Å². The van der Waals surface area contributed by atoms with Crippen molar-refractivity contribution < 1.29 is 14.3 Å². The second kappa shape index (κ2) is 6.65. The molecule has 0 bridgehead atoms. The first-order valence-corrected chi connectivity index (χ1v) is 6.31. The van der Waals surface area contributed by atoms with Gasteiger partial charge in [-0.15, -0.1) is 0 Å². The topological polar surface area (TPSA) is 86.2 Å². The maximum Gasteiger partial charge on any atom is 0.257 e. The summed E-state index contributed by atoms with van der Waals surface area (Å²) < 4.78 is 10.1. The quantitative estimate of drug-likeness (QED) is 0.894. The van der Waals surface area contributed by atoms with Gasteiger partial charge in [0.15, 0.2) is 0 Å². The Hall–Kier alpha value is -2.70. The molecule has 110 valence electrons. The largest absolute Gasteiger partial charge is 0.481 e. The van der Waals surface area contributed by atoms with Gasteiger partial charge in [0.25, 0.3) is 5.91 Å². The Morgan fingerprint density at radius 1 is 1.24 bits per heavy atom. The molecular weight excluding hydrogens is 272 g/mol. The minimum absolute atomic E-state index is 0.210. The summed E-state index contributed by atoms with van der Waals surface area (Å²) in [6.45, 7) is 1.84. The predicted octanol–water partition coefficient (Wildman–Crippen LogP) is 1.38. The molecule has 0 aliphatic carbocycles. The molecule has 2 aromatic rings. The van der Waals surface area contributed by atoms with Crippen molar-refractivity contribution in [3.8, 4) is 11.8 Å². The third-order valence-electron chi connectivity index (χ3n) is 2.88. The van der Waals surface area contributed by atoms with Gasteiger partial charge in [-0.05, 0) is 19.1 Å². The van der Waals surface area contributed by atoms with Crippen LogP contribution in [0.15, 0.2) is 30.7 Å². The first kappa shape index (κ1) is 14.7. The minimum atomic E-state index is -0.298. The number of methoxy groups -OCH3 is 2. The molecular formula is C14H16N4O3. The highest BCUT2D eigenvalue weighted by Crippen LogP contribution is 2.20. The smallest absolute Gasteiger partial charge is 0.257 e. The third-order valence-corrected chi connectivity index (χ3v) is 2.88. The molecule has 1 amide bonds. The Balaban J connectivity index is 2.17. The van der Waals surface area contributed by atoms with Crippen LogP contribution in [0.1, 0.15) is 29.0 Å². The molecule has 0 fully saturated rings. The van der Waals surface area contributed by atoms with E-state index >= 15 is 0 Å². The van der Waals surface area contributed by atoms with E-state index in [9.17, 15) is 4.79 Å². The number of amides is 1.